The summed E-state index contributed by atoms with van der Waals surface area (Å²) in [4.78, 5) is 13.5. The van der Waals surface area contributed by atoms with Crippen molar-refractivity contribution in [1.29, 1.82) is 0 Å². The minimum Gasteiger partial charge on any atom is -0.503 e. The van der Waals surface area contributed by atoms with Crippen LogP contribution in [0.4, 0.5) is 18.9 Å². The molecule has 0 saturated carbocycles. The highest BCUT2D eigenvalue weighted by Crippen LogP contribution is 2.40. The van der Waals surface area contributed by atoms with Crippen molar-refractivity contribution >= 4 is 33.0 Å². The molecule has 0 aromatic heterocycles. The normalized spacial score (nSPS) is 15.6. The Morgan fingerprint density at radius 2 is 1.88 bits per heavy atom. The number of fused-ring (bicyclic) bond motifs is 1. The number of carbonyl (C=O) groups excluding carboxylic acids is 1. The molecule has 1 N–H and O–H groups in total. The number of nitrogens with zero attached hydrogens (tertiary/aromatic N) is 1. The molecule has 0 spiro atoms. The van der Waals surface area contributed by atoms with Gasteiger partial charge in [-0.05, 0) is 24.3 Å². The number of phenols is 1. The molecule has 0 aliphatic carbocycles. The second-order valence-corrected chi connectivity index (χ2v) is 7.63. The molecule has 2 aromatic rings. The molecule has 0 bridgehead atoms. The fraction of sp³-hybridized carbons (Fsp3) is 0.133. The zero-order valence-electron chi connectivity index (χ0n) is 12.6. The van der Waals surface area contributed by atoms with Crippen LogP contribution < -0.4 is 9.64 Å². The molecule has 26 heavy (non-hydrogen) atoms. The van der Waals surface area contributed by atoms with E-state index in [9.17, 15) is 31.5 Å². The maximum absolute atomic E-state index is 12.7. The highest BCUT2D eigenvalue weighted by Gasteiger charge is 2.37. The number of para-hydroxylation sites is 1. The van der Waals surface area contributed by atoms with E-state index in [2.05, 4.69) is 4.74 Å². The van der Waals surface area contributed by atoms with Crippen LogP contribution in [0.5, 0.6) is 11.5 Å². The number of benzene rings is 2. The Balaban J connectivity index is 2.04. The molecule has 0 unspecified atom stereocenters. The van der Waals surface area contributed by atoms with Crippen molar-refractivity contribution in [2.45, 2.75) is 11.3 Å². The van der Waals surface area contributed by atoms with Crippen LogP contribution in [0.15, 0.2) is 41.3 Å². The molecule has 0 radical (unpaired) electrons. The van der Waals surface area contributed by atoms with Crippen LogP contribution in [0.2, 0.25) is 5.02 Å². The van der Waals surface area contributed by atoms with Gasteiger partial charge in [0.25, 0.3) is 5.91 Å². The van der Waals surface area contributed by atoms with Crippen LogP contribution in [0.25, 0.3) is 0 Å². The fourth-order valence-corrected chi connectivity index (χ4v) is 4.20. The first-order valence-corrected chi connectivity index (χ1v) is 8.94. The molecule has 2 aromatic carbocycles. The summed E-state index contributed by atoms with van der Waals surface area (Å²) in [7, 11) is -3.75. The molecule has 138 valence electrons. The molecule has 1 amide bonds. The van der Waals surface area contributed by atoms with Crippen molar-refractivity contribution in [2.75, 3.05) is 10.8 Å². The minimum atomic E-state index is -5.12. The highest BCUT2D eigenvalue weighted by molar-refractivity contribution is 7.92. The molecule has 0 fully saturated rings. The summed E-state index contributed by atoms with van der Waals surface area (Å²) < 4.78 is 65.2. The number of rotatable bonds is 2. The third-order valence-corrected chi connectivity index (χ3v) is 5.44. The molecular formula is C15H9ClF3NO5S. The van der Waals surface area contributed by atoms with Gasteiger partial charge in [0.15, 0.2) is 21.3 Å². The van der Waals surface area contributed by atoms with Gasteiger partial charge < -0.3 is 9.84 Å². The van der Waals surface area contributed by atoms with Crippen LogP contribution in [0.1, 0.15) is 10.4 Å². The van der Waals surface area contributed by atoms with Crippen LogP contribution in [-0.2, 0) is 9.84 Å². The quantitative estimate of drug-likeness (QED) is 0.825. The van der Waals surface area contributed by atoms with Crippen molar-refractivity contribution in [2.24, 2.45) is 0 Å². The van der Waals surface area contributed by atoms with E-state index in [1.54, 1.807) is 0 Å². The van der Waals surface area contributed by atoms with Gasteiger partial charge in [0.2, 0.25) is 0 Å². The molecule has 6 nitrogen and oxygen atoms in total. The number of carbonyl (C=O) groups is 1. The summed E-state index contributed by atoms with van der Waals surface area (Å²) in [6.45, 7) is 0. The topological polar surface area (TPSA) is 83.9 Å². The van der Waals surface area contributed by atoms with E-state index in [1.165, 1.54) is 24.3 Å². The first kappa shape index (κ1) is 18.3. The van der Waals surface area contributed by atoms with E-state index in [0.717, 1.165) is 11.0 Å². The lowest BCUT2D eigenvalue weighted by molar-refractivity contribution is -0.275. The van der Waals surface area contributed by atoms with Crippen LogP contribution in [-0.4, -0.2) is 31.7 Å². The highest BCUT2D eigenvalue weighted by atomic mass is 35.5. The molecular weight excluding hydrogens is 399 g/mol. The van der Waals surface area contributed by atoms with Gasteiger partial charge >= 0.3 is 6.36 Å². The maximum atomic E-state index is 12.7. The number of sulfone groups is 1. The van der Waals surface area contributed by atoms with Gasteiger partial charge in [-0.15, -0.1) is 13.2 Å². The van der Waals surface area contributed by atoms with Crippen molar-refractivity contribution in [3.8, 4) is 11.5 Å². The van der Waals surface area contributed by atoms with E-state index in [4.69, 9.17) is 11.6 Å². The van der Waals surface area contributed by atoms with Gasteiger partial charge in [0, 0.05) is 5.56 Å². The smallest absolute Gasteiger partial charge is 0.503 e. The standard InChI is InChI=1S/C15H9ClF3NO5S/c16-9-5-8(6-11(13(9)21)25-15(17,18)19)14(22)20-7-26(23,24)12-4-2-1-3-10(12)20/h1-6,21H,7H2. The second kappa shape index (κ2) is 6.06. The second-order valence-electron chi connectivity index (χ2n) is 5.30. The summed E-state index contributed by atoms with van der Waals surface area (Å²) in [6.07, 6.45) is -5.12. The number of aromatic hydroxyl groups is 1. The fourth-order valence-electron chi connectivity index (χ4n) is 2.48. The van der Waals surface area contributed by atoms with E-state index in [-0.39, 0.29) is 16.1 Å². The van der Waals surface area contributed by atoms with Crippen molar-refractivity contribution in [1.82, 2.24) is 0 Å². The van der Waals surface area contributed by atoms with Gasteiger partial charge in [-0.1, -0.05) is 23.7 Å². The number of ether oxygens (including phenoxy) is 1. The zero-order valence-corrected chi connectivity index (χ0v) is 14.2. The average Bonchev–Trinajstić information content (AvgIpc) is 2.81. The summed E-state index contributed by atoms with van der Waals surface area (Å²) in [5.74, 6) is -3.63. The Bertz CT molecular complexity index is 1010. The molecule has 0 atom stereocenters. The Kier molecular flexibility index (Phi) is 4.27. The molecule has 3 rings (SSSR count). The number of hydrogen-bond donors (Lipinski definition) is 1. The lowest BCUT2D eigenvalue weighted by Gasteiger charge is -2.17. The summed E-state index contributed by atoms with van der Waals surface area (Å²) >= 11 is 5.67. The number of anilines is 1. The summed E-state index contributed by atoms with van der Waals surface area (Å²) in [5.41, 5.74) is -0.279. The van der Waals surface area contributed by atoms with Crippen molar-refractivity contribution in [3.63, 3.8) is 0 Å². The van der Waals surface area contributed by atoms with E-state index >= 15 is 0 Å². The number of alkyl halides is 3. The van der Waals surface area contributed by atoms with Gasteiger partial charge in [0.05, 0.1) is 15.6 Å². The van der Waals surface area contributed by atoms with Gasteiger partial charge in [-0.25, -0.2) is 8.42 Å². The van der Waals surface area contributed by atoms with Crippen molar-refractivity contribution in [3.05, 3.63) is 47.0 Å². The Morgan fingerprint density at radius 1 is 1.23 bits per heavy atom. The number of amides is 1. The Labute approximate surface area is 150 Å². The molecule has 1 aliphatic rings. The monoisotopic (exact) mass is 407 g/mol. The van der Waals surface area contributed by atoms with Gasteiger partial charge in [-0.2, -0.15) is 0 Å². The van der Waals surface area contributed by atoms with Crippen LogP contribution >= 0.6 is 11.6 Å². The number of phenolic OH excluding ortho intramolecular Hbond substituents is 1. The lowest BCUT2D eigenvalue weighted by atomic mass is 10.1. The van der Waals surface area contributed by atoms with Crippen LogP contribution in [0, 0.1) is 0 Å². The molecule has 1 aliphatic heterocycles. The predicted octanol–water partition coefficient (Wildman–Crippen LogP) is 3.34. The average molecular weight is 408 g/mol. The maximum Gasteiger partial charge on any atom is 0.573 e. The third kappa shape index (κ3) is 3.29. The van der Waals surface area contributed by atoms with Crippen molar-refractivity contribution < 1.29 is 36.2 Å². The van der Waals surface area contributed by atoms with E-state index in [1.807, 2.05) is 0 Å². The number of halogens is 4. The third-order valence-electron chi connectivity index (χ3n) is 3.54. The zero-order chi connectivity index (χ0) is 19.3. The first-order chi connectivity index (χ1) is 12.0. The van der Waals surface area contributed by atoms with Gasteiger partial charge in [-0.3, -0.25) is 9.69 Å². The lowest BCUT2D eigenvalue weighted by Crippen LogP contribution is -2.30. The summed E-state index contributed by atoms with van der Waals surface area (Å²) in [5, 5.41) is 9.05. The van der Waals surface area contributed by atoms with Crippen LogP contribution in [0.3, 0.4) is 0 Å². The van der Waals surface area contributed by atoms with E-state index < -0.39 is 44.5 Å². The first-order valence-electron chi connectivity index (χ1n) is 6.91. The Hall–Kier alpha value is -2.46. The largest absolute Gasteiger partial charge is 0.573 e. The molecule has 1 heterocycles. The molecule has 11 heteroatoms. The predicted molar refractivity (Wildman–Crippen MR) is 85.1 cm³/mol. The Morgan fingerprint density at radius 3 is 2.54 bits per heavy atom. The summed E-state index contributed by atoms with van der Waals surface area (Å²) in [6, 6.07) is 7.28. The van der Waals surface area contributed by atoms with Gasteiger partial charge in [0.1, 0.15) is 5.88 Å². The molecule has 0 saturated heterocycles. The van der Waals surface area contributed by atoms with E-state index in [0.29, 0.717) is 6.07 Å². The minimum absolute atomic E-state index is 0.0648. The number of hydrogen-bond acceptors (Lipinski definition) is 5. The SMILES string of the molecule is O=C(c1cc(Cl)c(O)c(OC(F)(F)F)c1)N1CS(=O)(=O)c2ccccc21.